The van der Waals surface area contributed by atoms with Crippen LogP contribution in [0, 0.1) is 28.6 Å². The molecule has 4 aliphatic rings. The van der Waals surface area contributed by atoms with Crippen LogP contribution in [-0.2, 0) is 14.3 Å². The summed E-state index contributed by atoms with van der Waals surface area (Å²) in [6.07, 6.45) is 3.71. The summed E-state index contributed by atoms with van der Waals surface area (Å²) in [4.78, 5) is 38.8. The predicted molar refractivity (Wildman–Crippen MR) is 135 cm³/mol. The first-order valence-electron chi connectivity index (χ1n) is 12.3. The number of rotatable bonds is 4. The minimum Gasteiger partial charge on any atom is -0.457 e. The van der Waals surface area contributed by atoms with Crippen molar-refractivity contribution in [1.82, 2.24) is 0 Å². The van der Waals surface area contributed by atoms with Crippen molar-refractivity contribution in [2.45, 2.75) is 62.7 Å². The summed E-state index contributed by atoms with van der Waals surface area (Å²) in [6, 6.07) is 1.88. The van der Waals surface area contributed by atoms with Crippen LogP contribution in [0.5, 0.6) is 0 Å². The van der Waals surface area contributed by atoms with Gasteiger partial charge in [-0.05, 0) is 73.7 Å². The Morgan fingerprint density at radius 3 is 2.65 bits per heavy atom. The van der Waals surface area contributed by atoms with Gasteiger partial charge in [0.25, 0.3) is 0 Å². The lowest BCUT2D eigenvalue weighted by molar-refractivity contribution is -0.177. The quantitative estimate of drug-likeness (QED) is 0.371. The van der Waals surface area contributed by atoms with E-state index in [4.69, 9.17) is 21.8 Å². The summed E-state index contributed by atoms with van der Waals surface area (Å²) >= 11 is 5.12. The number of hydrogen-bond acceptors (Lipinski definition) is 7. The molecule has 0 aromatic carbocycles. The van der Waals surface area contributed by atoms with E-state index in [9.17, 15) is 18.8 Å². The Balaban J connectivity index is 1.64. The van der Waals surface area contributed by atoms with E-state index < -0.39 is 68.4 Å². The highest BCUT2D eigenvalue weighted by Gasteiger charge is 2.77. The zero-order valence-corrected chi connectivity index (χ0v) is 22.4. The molecule has 0 spiro atoms. The van der Waals surface area contributed by atoms with Crippen molar-refractivity contribution >= 4 is 41.3 Å². The summed E-state index contributed by atoms with van der Waals surface area (Å²) in [5.74, 6) is -3.46. The van der Waals surface area contributed by atoms with Crippen LogP contribution in [0.25, 0.3) is 0 Å². The molecule has 1 heterocycles. The van der Waals surface area contributed by atoms with E-state index in [1.807, 2.05) is 0 Å². The monoisotopic (exact) mass is 554 g/mol. The molecular weight excluding hydrogens is 525 g/mol. The molecule has 3 saturated carbocycles. The molecule has 0 amide bonds. The van der Waals surface area contributed by atoms with Gasteiger partial charge in [0.15, 0.2) is 11.4 Å². The normalized spacial score (nSPS) is 44.5. The van der Waals surface area contributed by atoms with Crippen molar-refractivity contribution in [2.24, 2.45) is 28.6 Å². The molecule has 0 saturated heterocycles. The summed E-state index contributed by atoms with van der Waals surface area (Å²) in [6.45, 7) is 5.07. The summed E-state index contributed by atoms with van der Waals surface area (Å²) in [5.41, 5.74) is -6.31. The molecule has 5 rings (SSSR count). The highest BCUT2D eigenvalue weighted by molar-refractivity contribution is 8.13. The van der Waals surface area contributed by atoms with Crippen LogP contribution >= 0.6 is 24.4 Å². The van der Waals surface area contributed by atoms with Crippen LogP contribution in [0.2, 0.25) is 0 Å². The highest BCUT2D eigenvalue weighted by Crippen LogP contribution is 2.72. The topological polar surface area (TPSA) is 73.6 Å². The van der Waals surface area contributed by atoms with E-state index in [-0.39, 0.29) is 36.4 Å². The standard InChI is InChI=1S/C27H29F3O5S2/c1-14-9-16-17-11-19(29)18-10-15(31)6-7-24(18,2)26(17,30)21(36)12-25(16,3)27(14,23(33)37-13-28)35-22(32)20-5-4-8-34-20/h4-8,10,14,16-17,19,21,36H,9,11-13H2,1-3H3/t14-,16?,17?,19+,21?,24?,25?,26+,27+/m1/s1. The number of halogens is 3. The Hall–Kier alpha value is -1.94. The van der Waals surface area contributed by atoms with Crippen LogP contribution < -0.4 is 0 Å². The molecule has 0 radical (unpaired) electrons. The molecule has 200 valence electrons. The number of alkyl halides is 3. The number of furan rings is 1. The van der Waals surface area contributed by atoms with Gasteiger partial charge in [0.2, 0.25) is 10.9 Å². The largest absolute Gasteiger partial charge is 0.457 e. The van der Waals surface area contributed by atoms with Gasteiger partial charge in [-0.2, -0.15) is 12.6 Å². The molecule has 4 aliphatic carbocycles. The summed E-state index contributed by atoms with van der Waals surface area (Å²) in [5, 5.41) is -1.66. The van der Waals surface area contributed by atoms with E-state index in [2.05, 4.69) is 0 Å². The van der Waals surface area contributed by atoms with E-state index in [0.717, 1.165) is 0 Å². The number of thiol groups is 1. The van der Waals surface area contributed by atoms with Crippen molar-refractivity contribution in [2.75, 3.05) is 6.01 Å². The molecule has 0 aliphatic heterocycles. The molecule has 10 heteroatoms. The zero-order chi connectivity index (χ0) is 27.0. The van der Waals surface area contributed by atoms with Gasteiger partial charge in [-0.1, -0.05) is 19.9 Å². The Morgan fingerprint density at radius 2 is 2.00 bits per heavy atom. The Bertz CT molecular complexity index is 1200. The van der Waals surface area contributed by atoms with Crippen molar-refractivity contribution < 1.29 is 36.7 Å². The Labute approximate surface area is 223 Å². The number of thioether (sulfide) groups is 1. The fourth-order valence-electron chi connectivity index (χ4n) is 7.97. The number of carbonyl (C=O) groups excluding carboxylic acids is 3. The lowest BCUT2D eigenvalue weighted by Crippen LogP contribution is -2.69. The van der Waals surface area contributed by atoms with E-state index in [1.54, 1.807) is 20.8 Å². The van der Waals surface area contributed by atoms with E-state index >= 15 is 8.78 Å². The summed E-state index contributed by atoms with van der Waals surface area (Å²) < 4.78 is 57.9. The molecule has 37 heavy (non-hydrogen) atoms. The number of ether oxygens (including phenoxy) is 1. The average molecular weight is 555 g/mol. The second-order valence-corrected chi connectivity index (χ2v) is 12.6. The third kappa shape index (κ3) is 3.36. The number of ketones is 1. The number of hydrogen-bond donors (Lipinski definition) is 1. The maximum Gasteiger partial charge on any atom is 0.375 e. The van der Waals surface area contributed by atoms with Crippen molar-refractivity contribution in [3.8, 4) is 0 Å². The second kappa shape index (κ2) is 8.79. The van der Waals surface area contributed by atoms with Crippen molar-refractivity contribution in [1.29, 1.82) is 0 Å². The van der Waals surface area contributed by atoms with Crippen LogP contribution in [0.15, 0.2) is 46.6 Å². The molecule has 5 nitrogen and oxygen atoms in total. The molecule has 1 aromatic heterocycles. The first-order valence-corrected chi connectivity index (χ1v) is 13.8. The van der Waals surface area contributed by atoms with Gasteiger partial charge in [0.1, 0.15) is 17.8 Å². The van der Waals surface area contributed by atoms with E-state index in [1.165, 1.54) is 36.6 Å². The minimum atomic E-state index is -2.04. The Kier molecular flexibility index (Phi) is 6.34. The third-order valence-corrected chi connectivity index (χ3v) is 10.9. The minimum absolute atomic E-state index is 0.0176. The van der Waals surface area contributed by atoms with Gasteiger partial charge in [-0.25, -0.2) is 18.0 Å². The van der Waals surface area contributed by atoms with Crippen LogP contribution in [0.4, 0.5) is 13.2 Å². The molecule has 9 atom stereocenters. The SMILES string of the molecule is C[C@@H]1CC2C3C[C@H](F)C4=CC(=O)C=CC4(C)[C@@]3(F)C(S)CC2(C)[C@@]1(OC(=O)c1ccco1)C(=O)SCF. The van der Waals surface area contributed by atoms with Crippen LogP contribution in [-0.4, -0.2) is 45.6 Å². The molecule has 1 aromatic rings. The van der Waals surface area contributed by atoms with E-state index in [0.29, 0.717) is 11.8 Å². The fraction of sp³-hybridized carbons (Fsp3) is 0.593. The predicted octanol–water partition coefficient (Wildman–Crippen LogP) is 5.86. The summed E-state index contributed by atoms with van der Waals surface area (Å²) in [7, 11) is 0. The zero-order valence-electron chi connectivity index (χ0n) is 20.7. The number of carbonyl (C=O) groups is 3. The second-order valence-electron chi connectivity index (χ2n) is 11.1. The van der Waals surface area contributed by atoms with Crippen molar-refractivity contribution in [3.63, 3.8) is 0 Å². The van der Waals surface area contributed by atoms with Gasteiger partial charge in [-0.15, -0.1) is 0 Å². The lowest BCUT2D eigenvalue weighted by Gasteiger charge is -2.63. The molecule has 0 N–H and O–H groups in total. The fourth-order valence-corrected chi connectivity index (χ4v) is 9.59. The molecular formula is C27H29F3O5S2. The van der Waals surface area contributed by atoms with Crippen LogP contribution in [0.3, 0.4) is 0 Å². The lowest BCUT2D eigenvalue weighted by atomic mass is 9.45. The maximum absolute atomic E-state index is 17.5. The first kappa shape index (κ1) is 26.7. The van der Waals surface area contributed by atoms with Crippen LogP contribution in [0.1, 0.15) is 50.6 Å². The smallest absolute Gasteiger partial charge is 0.375 e. The maximum atomic E-state index is 17.5. The average Bonchev–Trinajstić information content (AvgIpc) is 3.45. The van der Waals surface area contributed by atoms with Crippen molar-refractivity contribution in [3.05, 3.63) is 48.0 Å². The van der Waals surface area contributed by atoms with Gasteiger partial charge in [0.05, 0.1) is 6.26 Å². The number of fused-ring (bicyclic) bond motifs is 5. The number of esters is 1. The Morgan fingerprint density at radius 1 is 1.27 bits per heavy atom. The van der Waals surface area contributed by atoms with Gasteiger partial charge in [0, 0.05) is 27.9 Å². The van der Waals surface area contributed by atoms with Gasteiger partial charge < -0.3 is 9.15 Å². The highest BCUT2D eigenvalue weighted by atomic mass is 32.2. The van der Waals surface area contributed by atoms with Gasteiger partial charge in [-0.3, -0.25) is 9.59 Å². The molecule has 0 bridgehead atoms. The van der Waals surface area contributed by atoms with Gasteiger partial charge >= 0.3 is 5.97 Å². The molecule has 5 unspecified atom stereocenters. The first-order chi connectivity index (χ1) is 17.4. The number of allylic oxidation sites excluding steroid dienone is 4. The molecule has 3 fully saturated rings. The third-order valence-electron chi connectivity index (χ3n) is 9.63.